The largest absolute Gasteiger partial charge is 0.411 e. The van der Waals surface area contributed by atoms with E-state index < -0.39 is 0 Å². The van der Waals surface area contributed by atoms with Gasteiger partial charge in [-0.05, 0) is 37.1 Å². The minimum atomic E-state index is 0.135. The van der Waals surface area contributed by atoms with Crippen molar-refractivity contribution in [2.75, 3.05) is 18.8 Å². The molecule has 0 bridgehead atoms. The maximum absolute atomic E-state index is 12.5. The smallest absolute Gasteiger partial charge is 0.277 e. The van der Waals surface area contributed by atoms with E-state index in [2.05, 4.69) is 40.0 Å². The second-order valence-electron chi connectivity index (χ2n) is 5.76. The third-order valence-electron chi connectivity index (χ3n) is 3.73. The Hall–Kier alpha value is -1.34. The molecule has 0 aliphatic carbocycles. The predicted molar refractivity (Wildman–Crippen MR) is 105 cm³/mol. The molecule has 1 aromatic carbocycles. The highest BCUT2D eigenvalue weighted by Crippen LogP contribution is 2.24. The second kappa shape index (κ2) is 10.6. The summed E-state index contributed by atoms with van der Waals surface area (Å²) < 4.78 is 6.65. The Kier molecular flexibility index (Phi) is 8.48. The van der Waals surface area contributed by atoms with Crippen molar-refractivity contribution in [3.63, 3.8) is 0 Å². The van der Waals surface area contributed by atoms with Crippen LogP contribution in [0, 0.1) is 0 Å². The molecular formula is C18H24BrN3O2S. The molecule has 2 aromatic rings. The summed E-state index contributed by atoms with van der Waals surface area (Å²) in [7, 11) is 0. The zero-order valence-corrected chi connectivity index (χ0v) is 17.1. The number of carbonyl (C=O) groups excluding carboxylic acids is 1. The van der Waals surface area contributed by atoms with E-state index in [9.17, 15) is 4.79 Å². The van der Waals surface area contributed by atoms with Crippen LogP contribution in [0.15, 0.2) is 38.4 Å². The van der Waals surface area contributed by atoms with Crippen molar-refractivity contribution in [1.82, 2.24) is 15.1 Å². The summed E-state index contributed by atoms with van der Waals surface area (Å²) in [5.41, 5.74) is 0.862. The maximum atomic E-state index is 12.5. The molecule has 0 saturated heterocycles. The highest BCUT2D eigenvalue weighted by molar-refractivity contribution is 9.10. The van der Waals surface area contributed by atoms with Crippen LogP contribution in [0.1, 0.15) is 39.5 Å². The fourth-order valence-corrected chi connectivity index (χ4v) is 3.18. The van der Waals surface area contributed by atoms with Crippen molar-refractivity contribution in [1.29, 1.82) is 0 Å². The first kappa shape index (κ1) is 20.0. The SMILES string of the molecule is CCCCN(CCCC)C(=O)CSc1nnc(-c2ccc(Br)cc2)o1. The van der Waals surface area contributed by atoms with Gasteiger partial charge in [0.25, 0.3) is 5.22 Å². The molecule has 0 N–H and O–H groups in total. The van der Waals surface area contributed by atoms with E-state index in [1.165, 1.54) is 11.8 Å². The molecule has 0 radical (unpaired) electrons. The average Bonchev–Trinajstić information content (AvgIpc) is 3.09. The van der Waals surface area contributed by atoms with Gasteiger partial charge in [0.2, 0.25) is 11.8 Å². The normalized spacial score (nSPS) is 10.8. The van der Waals surface area contributed by atoms with E-state index in [1.807, 2.05) is 29.2 Å². The fraction of sp³-hybridized carbons (Fsp3) is 0.500. The Bertz CT molecular complexity index is 653. The van der Waals surface area contributed by atoms with Gasteiger partial charge < -0.3 is 9.32 Å². The molecule has 1 heterocycles. The molecule has 1 amide bonds. The summed E-state index contributed by atoms with van der Waals surface area (Å²) in [5.74, 6) is 0.932. The topological polar surface area (TPSA) is 59.2 Å². The van der Waals surface area contributed by atoms with E-state index in [0.29, 0.717) is 16.9 Å². The van der Waals surface area contributed by atoms with Crippen molar-refractivity contribution in [2.45, 2.75) is 44.8 Å². The van der Waals surface area contributed by atoms with Crippen LogP contribution in [-0.2, 0) is 4.79 Å². The first-order chi connectivity index (χ1) is 12.1. The van der Waals surface area contributed by atoms with E-state index in [1.54, 1.807) is 0 Å². The van der Waals surface area contributed by atoms with Crippen LogP contribution < -0.4 is 0 Å². The lowest BCUT2D eigenvalue weighted by Gasteiger charge is -2.21. The molecule has 7 heteroatoms. The Morgan fingerprint density at radius 3 is 2.36 bits per heavy atom. The summed E-state index contributed by atoms with van der Waals surface area (Å²) in [6.45, 7) is 5.92. The van der Waals surface area contributed by atoms with Crippen molar-refractivity contribution in [3.8, 4) is 11.5 Å². The molecule has 2 rings (SSSR count). The number of nitrogens with zero attached hydrogens (tertiary/aromatic N) is 3. The number of hydrogen-bond acceptors (Lipinski definition) is 5. The summed E-state index contributed by atoms with van der Waals surface area (Å²) in [6.07, 6.45) is 4.25. The number of unbranched alkanes of at least 4 members (excludes halogenated alkanes) is 2. The second-order valence-corrected chi connectivity index (χ2v) is 7.60. The molecule has 0 fully saturated rings. The number of thioether (sulfide) groups is 1. The number of hydrogen-bond donors (Lipinski definition) is 0. The number of aromatic nitrogens is 2. The minimum absolute atomic E-state index is 0.135. The quantitative estimate of drug-likeness (QED) is 0.500. The van der Waals surface area contributed by atoms with Gasteiger partial charge in [-0.2, -0.15) is 0 Å². The van der Waals surface area contributed by atoms with Crippen LogP contribution in [0.4, 0.5) is 0 Å². The Morgan fingerprint density at radius 1 is 1.12 bits per heavy atom. The summed E-state index contributed by atoms with van der Waals surface area (Å²) in [6, 6.07) is 7.67. The summed E-state index contributed by atoms with van der Waals surface area (Å²) in [4.78, 5) is 14.4. The summed E-state index contributed by atoms with van der Waals surface area (Å²) in [5, 5.41) is 8.52. The van der Waals surface area contributed by atoms with Gasteiger partial charge in [-0.25, -0.2) is 0 Å². The van der Waals surface area contributed by atoms with Crippen LogP contribution in [0.25, 0.3) is 11.5 Å². The Morgan fingerprint density at radius 2 is 1.76 bits per heavy atom. The average molecular weight is 426 g/mol. The minimum Gasteiger partial charge on any atom is -0.411 e. The van der Waals surface area contributed by atoms with Crippen LogP contribution >= 0.6 is 27.7 Å². The molecule has 0 unspecified atom stereocenters. The van der Waals surface area contributed by atoms with Crippen molar-refractivity contribution in [2.24, 2.45) is 0 Å². The van der Waals surface area contributed by atoms with Gasteiger partial charge in [0.1, 0.15) is 0 Å². The van der Waals surface area contributed by atoms with E-state index in [-0.39, 0.29) is 5.91 Å². The van der Waals surface area contributed by atoms with Gasteiger partial charge in [0, 0.05) is 23.1 Å². The van der Waals surface area contributed by atoms with Gasteiger partial charge in [-0.3, -0.25) is 4.79 Å². The monoisotopic (exact) mass is 425 g/mol. The van der Waals surface area contributed by atoms with Crippen LogP contribution in [0.2, 0.25) is 0 Å². The zero-order valence-electron chi connectivity index (χ0n) is 14.7. The van der Waals surface area contributed by atoms with Crippen LogP contribution in [0.3, 0.4) is 0 Å². The number of benzene rings is 1. The maximum Gasteiger partial charge on any atom is 0.277 e. The molecule has 136 valence electrons. The van der Waals surface area contributed by atoms with Crippen LogP contribution in [0.5, 0.6) is 0 Å². The third-order valence-corrected chi connectivity index (χ3v) is 5.06. The highest BCUT2D eigenvalue weighted by atomic mass is 79.9. The van der Waals surface area contributed by atoms with Crippen molar-refractivity contribution in [3.05, 3.63) is 28.7 Å². The summed E-state index contributed by atoms with van der Waals surface area (Å²) >= 11 is 4.70. The van der Waals surface area contributed by atoms with E-state index in [4.69, 9.17) is 4.42 Å². The molecule has 5 nitrogen and oxygen atoms in total. The zero-order chi connectivity index (χ0) is 18.1. The van der Waals surface area contributed by atoms with Gasteiger partial charge in [0.05, 0.1) is 5.75 Å². The van der Waals surface area contributed by atoms with Crippen molar-refractivity contribution >= 4 is 33.6 Å². The lowest BCUT2D eigenvalue weighted by Crippen LogP contribution is -2.34. The molecule has 1 aromatic heterocycles. The Balaban J connectivity index is 1.91. The van der Waals surface area contributed by atoms with Crippen LogP contribution in [-0.4, -0.2) is 39.8 Å². The highest BCUT2D eigenvalue weighted by Gasteiger charge is 2.15. The molecule has 0 saturated carbocycles. The van der Waals surface area contributed by atoms with Gasteiger partial charge >= 0.3 is 0 Å². The van der Waals surface area contributed by atoms with Gasteiger partial charge in [-0.1, -0.05) is 54.4 Å². The van der Waals surface area contributed by atoms with E-state index >= 15 is 0 Å². The Labute approximate surface area is 161 Å². The number of halogens is 1. The lowest BCUT2D eigenvalue weighted by molar-refractivity contribution is -0.128. The first-order valence-electron chi connectivity index (χ1n) is 8.64. The molecular weight excluding hydrogens is 402 g/mol. The van der Waals surface area contributed by atoms with Gasteiger partial charge in [-0.15, -0.1) is 10.2 Å². The predicted octanol–water partition coefficient (Wildman–Crippen LogP) is 5.02. The molecule has 0 aliphatic rings. The van der Waals surface area contributed by atoms with Crippen molar-refractivity contribution < 1.29 is 9.21 Å². The number of amides is 1. The van der Waals surface area contributed by atoms with E-state index in [0.717, 1.165) is 48.8 Å². The standard InChI is InChI=1S/C18H24BrN3O2S/c1-3-5-11-22(12-6-4-2)16(23)13-25-18-21-20-17(24-18)14-7-9-15(19)10-8-14/h7-10H,3-6,11-13H2,1-2H3. The van der Waals surface area contributed by atoms with Gasteiger partial charge in [0.15, 0.2) is 0 Å². The lowest BCUT2D eigenvalue weighted by atomic mass is 10.2. The first-order valence-corrected chi connectivity index (χ1v) is 10.4. The molecule has 0 aliphatic heterocycles. The third kappa shape index (κ3) is 6.47. The number of carbonyl (C=O) groups is 1. The molecule has 0 atom stereocenters. The fourth-order valence-electron chi connectivity index (χ4n) is 2.25. The molecule has 0 spiro atoms. The molecule has 25 heavy (non-hydrogen) atoms. The number of rotatable bonds is 10.